The molecule has 0 amide bonds. The number of rotatable bonds is 3. The molecule has 1 aromatic carbocycles. The van der Waals surface area contributed by atoms with Crippen LogP contribution in [0.15, 0.2) is 12.1 Å². The van der Waals surface area contributed by atoms with E-state index in [1.165, 1.54) is 19.2 Å². The third-order valence-electron chi connectivity index (χ3n) is 4.53. The average Bonchev–Trinajstić information content (AvgIpc) is 2.90. The van der Waals surface area contributed by atoms with E-state index in [1.807, 2.05) is 0 Å². The molecule has 20 heavy (non-hydrogen) atoms. The summed E-state index contributed by atoms with van der Waals surface area (Å²) in [6.45, 7) is 1.91. The van der Waals surface area contributed by atoms with Crippen molar-refractivity contribution in [1.29, 1.82) is 0 Å². The maximum absolute atomic E-state index is 13.9. The third-order valence-corrected chi connectivity index (χ3v) is 4.53. The number of aliphatic hydroxyl groups excluding tert-OH is 1. The molecule has 3 atom stereocenters. The van der Waals surface area contributed by atoms with E-state index in [0.717, 1.165) is 25.9 Å². The molecule has 1 N–H and O–H groups in total. The number of benzene rings is 1. The predicted octanol–water partition coefficient (Wildman–Crippen LogP) is 2.18. The van der Waals surface area contributed by atoms with E-state index in [4.69, 9.17) is 4.74 Å². The van der Waals surface area contributed by atoms with Gasteiger partial charge in [-0.3, -0.25) is 4.90 Å². The van der Waals surface area contributed by atoms with E-state index in [1.54, 1.807) is 0 Å². The summed E-state index contributed by atoms with van der Waals surface area (Å²) in [7, 11) is 1.39. The fraction of sp³-hybridized carbons (Fsp3) is 0.600. The number of hydrogen-bond donors (Lipinski definition) is 1. The molecule has 0 radical (unpaired) electrons. The molecule has 1 aliphatic carbocycles. The van der Waals surface area contributed by atoms with Crippen LogP contribution in [0.25, 0.3) is 0 Å². The van der Waals surface area contributed by atoms with E-state index in [-0.39, 0.29) is 24.0 Å². The predicted molar refractivity (Wildman–Crippen MR) is 70.4 cm³/mol. The Morgan fingerprint density at radius 2 is 1.75 bits per heavy atom. The lowest BCUT2D eigenvalue weighted by molar-refractivity contribution is 0.160. The van der Waals surface area contributed by atoms with Crippen molar-refractivity contribution in [1.82, 2.24) is 4.90 Å². The summed E-state index contributed by atoms with van der Waals surface area (Å²) in [5.74, 6) is 0.0202. The van der Waals surface area contributed by atoms with E-state index in [0.29, 0.717) is 11.8 Å². The van der Waals surface area contributed by atoms with Gasteiger partial charge in [-0.05, 0) is 24.7 Å². The third kappa shape index (κ3) is 2.52. The van der Waals surface area contributed by atoms with Gasteiger partial charge < -0.3 is 9.84 Å². The van der Waals surface area contributed by atoms with Gasteiger partial charge in [0.25, 0.3) is 0 Å². The zero-order valence-corrected chi connectivity index (χ0v) is 11.5. The fourth-order valence-corrected chi connectivity index (χ4v) is 3.57. The van der Waals surface area contributed by atoms with Gasteiger partial charge in [0.15, 0.2) is 0 Å². The summed E-state index contributed by atoms with van der Waals surface area (Å²) in [6.07, 6.45) is 1.44. The summed E-state index contributed by atoms with van der Waals surface area (Å²) in [6, 6.07) is 2.44. The lowest BCUT2D eigenvalue weighted by atomic mass is 10.0. The first-order chi connectivity index (χ1) is 9.56. The zero-order valence-electron chi connectivity index (χ0n) is 11.5. The molecular formula is C15H19F2NO2. The van der Waals surface area contributed by atoms with Crippen LogP contribution in [0.5, 0.6) is 5.75 Å². The largest absolute Gasteiger partial charge is 0.497 e. The summed E-state index contributed by atoms with van der Waals surface area (Å²) < 4.78 is 32.7. The highest BCUT2D eigenvalue weighted by atomic mass is 19.1. The first-order valence-corrected chi connectivity index (χ1v) is 6.99. The molecule has 3 nitrogen and oxygen atoms in total. The summed E-state index contributed by atoms with van der Waals surface area (Å²) >= 11 is 0. The number of ether oxygens (including phenoxy) is 1. The van der Waals surface area contributed by atoms with E-state index in [2.05, 4.69) is 4.90 Å². The molecular weight excluding hydrogens is 264 g/mol. The van der Waals surface area contributed by atoms with Gasteiger partial charge in [0, 0.05) is 37.3 Å². The number of hydrogen-bond acceptors (Lipinski definition) is 3. The van der Waals surface area contributed by atoms with Gasteiger partial charge >= 0.3 is 0 Å². The Morgan fingerprint density at radius 1 is 1.20 bits per heavy atom. The van der Waals surface area contributed by atoms with Crippen LogP contribution in [-0.2, 0) is 6.54 Å². The molecule has 1 aromatic rings. The Hall–Kier alpha value is -1.20. The Labute approximate surface area is 117 Å². The number of nitrogens with zero attached hydrogens (tertiary/aromatic N) is 1. The summed E-state index contributed by atoms with van der Waals surface area (Å²) in [4.78, 5) is 2.08. The van der Waals surface area contributed by atoms with Gasteiger partial charge in [-0.1, -0.05) is 0 Å². The quantitative estimate of drug-likeness (QED) is 0.923. The number of fused-ring (bicyclic) bond motifs is 1. The molecule has 1 saturated carbocycles. The molecule has 3 rings (SSSR count). The maximum Gasteiger partial charge on any atom is 0.134 e. The highest BCUT2D eigenvalue weighted by molar-refractivity contribution is 5.30. The molecule has 0 bridgehead atoms. The van der Waals surface area contributed by atoms with Crippen molar-refractivity contribution in [3.63, 3.8) is 0 Å². The number of methoxy groups -OCH3 is 1. The molecule has 1 saturated heterocycles. The minimum absolute atomic E-state index is 0.103. The highest BCUT2D eigenvalue weighted by Crippen LogP contribution is 2.38. The molecule has 5 heteroatoms. The molecule has 2 fully saturated rings. The van der Waals surface area contributed by atoms with Crippen LogP contribution in [0.2, 0.25) is 0 Å². The minimum Gasteiger partial charge on any atom is -0.497 e. The van der Waals surface area contributed by atoms with Crippen LogP contribution >= 0.6 is 0 Å². The van der Waals surface area contributed by atoms with Crippen molar-refractivity contribution >= 4 is 0 Å². The van der Waals surface area contributed by atoms with Crippen LogP contribution in [0.4, 0.5) is 8.78 Å². The van der Waals surface area contributed by atoms with Crippen molar-refractivity contribution in [2.75, 3.05) is 20.2 Å². The van der Waals surface area contributed by atoms with Crippen molar-refractivity contribution < 1.29 is 18.6 Å². The summed E-state index contributed by atoms with van der Waals surface area (Å²) in [5, 5.41) is 9.60. The van der Waals surface area contributed by atoms with Crippen molar-refractivity contribution in [3.05, 3.63) is 29.3 Å². The van der Waals surface area contributed by atoms with Crippen LogP contribution in [0, 0.1) is 23.5 Å². The van der Waals surface area contributed by atoms with Crippen molar-refractivity contribution in [3.8, 4) is 5.75 Å². The second-order valence-corrected chi connectivity index (χ2v) is 5.91. The second kappa shape index (κ2) is 5.30. The van der Waals surface area contributed by atoms with Gasteiger partial charge in [-0.25, -0.2) is 8.78 Å². The summed E-state index contributed by atoms with van der Waals surface area (Å²) in [5.41, 5.74) is 0.103. The van der Waals surface area contributed by atoms with Gasteiger partial charge in [-0.15, -0.1) is 0 Å². The standard InChI is InChI=1S/C15H19F2NO2/c1-20-12-4-14(16)13(15(17)5-12)8-18-6-9-2-11(19)3-10(9)7-18/h4-5,9-11,19H,2-3,6-8H2,1H3/t9-,10+,11?. The highest BCUT2D eigenvalue weighted by Gasteiger charge is 2.40. The Morgan fingerprint density at radius 3 is 2.25 bits per heavy atom. The molecule has 1 aliphatic heterocycles. The molecule has 110 valence electrons. The van der Waals surface area contributed by atoms with Crippen molar-refractivity contribution in [2.24, 2.45) is 11.8 Å². The van der Waals surface area contributed by atoms with E-state index in [9.17, 15) is 13.9 Å². The number of aliphatic hydroxyl groups is 1. The van der Waals surface area contributed by atoms with Gasteiger partial charge in [0.2, 0.25) is 0 Å². The van der Waals surface area contributed by atoms with E-state index >= 15 is 0 Å². The van der Waals surface area contributed by atoms with Crippen LogP contribution in [0.1, 0.15) is 18.4 Å². The Bertz CT molecular complexity index is 472. The van der Waals surface area contributed by atoms with Gasteiger partial charge in [-0.2, -0.15) is 0 Å². The zero-order chi connectivity index (χ0) is 14.3. The maximum atomic E-state index is 13.9. The van der Waals surface area contributed by atoms with Crippen LogP contribution in [-0.4, -0.2) is 36.3 Å². The van der Waals surface area contributed by atoms with Crippen molar-refractivity contribution in [2.45, 2.75) is 25.5 Å². The topological polar surface area (TPSA) is 32.7 Å². The average molecular weight is 283 g/mol. The lowest BCUT2D eigenvalue weighted by Crippen LogP contribution is -2.24. The SMILES string of the molecule is COc1cc(F)c(CN2C[C@H]3CC(O)C[C@H]3C2)c(F)c1. The normalized spacial score (nSPS) is 29.7. The van der Waals surface area contributed by atoms with E-state index < -0.39 is 11.6 Å². The monoisotopic (exact) mass is 283 g/mol. The smallest absolute Gasteiger partial charge is 0.134 e. The molecule has 1 unspecified atom stereocenters. The van der Waals surface area contributed by atoms with Gasteiger partial charge in [0.1, 0.15) is 17.4 Å². The first-order valence-electron chi connectivity index (χ1n) is 6.99. The minimum atomic E-state index is -0.557. The number of likely N-dealkylation sites (tertiary alicyclic amines) is 1. The Balaban J connectivity index is 1.70. The van der Waals surface area contributed by atoms with Crippen LogP contribution in [0.3, 0.4) is 0 Å². The molecule has 0 spiro atoms. The number of halogens is 2. The van der Waals surface area contributed by atoms with Gasteiger partial charge in [0.05, 0.1) is 13.2 Å². The molecule has 0 aromatic heterocycles. The Kier molecular flexibility index (Phi) is 3.65. The lowest BCUT2D eigenvalue weighted by Gasteiger charge is -2.18. The molecule has 1 heterocycles. The molecule has 2 aliphatic rings. The fourth-order valence-electron chi connectivity index (χ4n) is 3.57. The second-order valence-electron chi connectivity index (χ2n) is 5.91. The van der Waals surface area contributed by atoms with Crippen LogP contribution < -0.4 is 4.74 Å². The first kappa shape index (κ1) is 13.8.